The van der Waals surface area contributed by atoms with Crippen LogP contribution in [0.2, 0.25) is 18.1 Å². The molecular weight excluding hydrogens is 448 g/mol. The maximum absolute atomic E-state index is 11.7. The maximum Gasteiger partial charge on any atom is 0.331 e. The Balaban J connectivity index is 1.77. The van der Waals surface area contributed by atoms with E-state index in [1.54, 1.807) is 0 Å². The van der Waals surface area contributed by atoms with Crippen LogP contribution in [0.5, 0.6) is 0 Å². The highest BCUT2D eigenvalue weighted by Gasteiger charge is 2.47. The Bertz CT molecular complexity index is 734. The molecule has 0 aromatic heterocycles. The van der Waals surface area contributed by atoms with Crippen molar-refractivity contribution in [1.29, 1.82) is 0 Å². The lowest BCUT2D eigenvalue weighted by molar-refractivity contribution is -0.197. The molecule has 0 aromatic carbocycles. The smallest absolute Gasteiger partial charge is 0.331 e. The van der Waals surface area contributed by atoms with Crippen LogP contribution in [-0.2, 0) is 23.4 Å². The van der Waals surface area contributed by atoms with E-state index >= 15 is 0 Å². The van der Waals surface area contributed by atoms with E-state index in [2.05, 4.69) is 46.0 Å². The molecule has 3 aliphatic rings. The SMILES string of the molecule is CCCC(=C[C@H]1CC=C[C@@H]2[C@@H](CO[Si](C)(C)C(C)(C)C)[C@H](OC3CCCCO3)C[C@@H]2O1)C(=O)O. The van der Waals surface area contributed by atoms with Gasteiger partial charge in [-0.3, -0.25) is 0 Å². The first-order chi connectivity index (χ1) is 16.0. The van der Waals surface area contributed by atoms with E-state index in [1.807, 2.05) is 13.0 Å². The Kier molecular flexibility index (Phi) is 9.60. The van der Waals surface area contributed by atoms with E-state index in [1.165, 1.54) is 0 Å². The molecule has 1 saturated heterocycles. The van der Waals surface area contributed by atoms with Crippen LogP contribution < -0.4 is 0 Å². The van der Waals surface area contributed by atoms with Gasteiger partial charge in [0.25, 0.3) is 0 Å². The zero-order chi connectivity index (χ0) is 24.9. The number of ether oxygens (including phenoxy) is 3. The van der Waals surface area contributed by atoms with Crippen molar-refractivity contribution in [2.75, 3.05) is 13.2 Å². The zero-order valence-corrected chi connectivity index (χ0v) is 23.0. The summed E-state index contributed by atoms with van der Waals surface area (Å²) in [5, 5.41) is 9.73. The fraction of sp³-hybridized carbons (Fsp3) is 0.815. The maximum atomic E-state index is 11.7. The molecule has 0 amide bonds. The Hall–Kier alpha value is -0.993. The van der Waals surface area contributed by atoms with Gasteiger partial charge in [0.1, 0.15) is 0 Å². The van der Waals surface area contributed by atoms with Crippen molar-refractivity contribution in [3.8, 4) is 0 Å². The third kappa shape index (κ3) is 7.03. The second kappa shape index (κ2) is 11.8. The van der Waals surface area contributed by atoms with Crippen LogP contribution in [0.1, 0.15) is 72.6 Å². The fourth-order valence-corrected chi connectivity index (χ4v) is 5.96. The lowest BCUT2D eigenvalue weighted by atomic mass is 9.94. The van der Waals surface area contributed by atoms with Gasteiger partial charge in [0, 0.05) is 37.0 Å². The summed E-state index contributed by atoms with van der Waals surface area (Å²) < 4.78 is 25.7. The van der Waals surface area contributed by atoms with Crippen molar-refractivity contribution < 1.29 is 28.5 Å². The van der Waals surface area contributed by atoms with Crippen molar-refractivity contribution in [2.45, 2.75) is 115 Å². The molecule has 0 spiro atoms. The van der Waals surface area contributed by atoms with Crippen LogP contribution in [0.25, 0.3) is 0 Å². The molecule has 7 heteroatoms. The average Bonchev–Trinajstić information content (AvgIpc) is 2.94. The van der Waals surface area contributed by atoms with E-state index in [0.29, 0.717) is 25.0 Å². The number of carbonyl (C=O) groups is 1. The van der Waals surface area contributed by atoms with E-state index < -0.39 is 14.3 Å². The summed E-state index contributed by atoms with van der Waals surface area (Å²) >= 11 is 0. The summed E-state index contributed by atoms with van der Waals surface area (Å²) in [6.45, 7) is 14.8. The normalized spacial score (nSPS) is 32.9. The molecular formula is C27H46O6Si. The molecule has 194 valence electrons. The molecule has 2 heterocycles. The first-order valence-electron chi connectivity index (χ1n) is 13.2. The van der Waals surface area contributed by atoms with Crippen LogP contribution in [-0.4, -0.2) is 57.2 Å². The highest BCUT2D eigenvalue weighted by Crippen LogP contribution is 2.43. The Labute approximate surface area is 207 Å². The number of fused-ring (bicyclic) bond motifs is 1. The van der Waals surface area contributed by atoms with Crippen molar-refractivity contribution in [2.24, 2.45) is 11.8 Å². The zero-order valence-electron chi connectivity index (χ0n) is 22.0. The Morgan fingerprint density at radius 2 is 2.03 bits per heavy atom. The highest BCUT2D eigenvalue weighted by molar-refractivity contribution is 6.74. The highest BCUT2D eigenvalue weighted by atomic mass is 28.4. The minimum absolute atomic E-state index is 0.00448. The first kappa shape index (κ1) is 27.6. The molecule has 0 radical (unpaired) electrons. The van der Waals surface area contributed by atoms with Crippen LogP contribution >= 0.6 is 0 Å². The first-order valence-corrected chi connectivity index (χ1v) is 16.1. The molecule has 0 aromatic rings. The second-order valence-electron chi connectivity index (χ2n) is 11.6. The molecule has 1 unspecified atom stereocenters. The van der Waals surface area contributed by atoms with Gasteiger partial charge in [-0.1, -0.05) is 46.3 Å². The van der Waals surface area contributed by atoms with E-state index in [0.717, 1.165) is 38.7 Å². The van der Waals surface area contributed by atoms with Gasteiger partial charge in [-0.2, -0.15) is 0 Å². The van der Waals surface area contributed by atoms with E-state index in [-0.39, 0.29) is 41.5 Å². The molecule has 34 heavy (non-hydrogen) atoms. The molecule has 6 nitrogen and oxygen atoms in total. The minimum atomic E-state index is -1.91. The largest absolute Gasteiger partial charge is 0.478 e. The van der Waals surface area contributed by atoms with Gasteiger partial charge < -0.3 is 23.7 Å². The predicted molar refractivity (Wildman–Crippen MR) is 136 cm³/mol. The minimum Gasteiger partial charge on any atom is -0.478 e. The van der Waals surface area contributed by atoms with Crippen LogP contribution in [0, 0.1) is 11.8 Å². The molecule has 0 bridgehead atoms. The summed E-state index contributed by atoms with van der Waals surface area (Å²) in [6.07, 6.45) is 11.9. The molecule has 1 saturated carbocycles. The van der Waals surface area contributed by atoms with Gasteiger partial charge >= 0.3 is 5.97 Å². The van der Waals surface area contributed by atoms with Gasteiger partial charge in [0.15, 0.2) is 14.6 Å². The summed E-state index contributed by atoms with van der Waals surface area (Å²) in [5.74, 6) is -0.465. The molecule has 2 aliphatic heterocycles. The standard InChI is InChI=1S/C27H46O6Si/c1-7-11-19(26(28)29)16-20-12-10-13-21-22(18-31-34(5,6)27(2,3)4)24(17-23(21)32-20)33-25-14-8-9-15-30-25/h10,13,16,20-25H,7-9,11-12,14-15,17-18H2,1-6H3,(H,28,29)/t20-,21-,22-,23+,24-,25?/m1/s1. The van der Waals surface area contributed by atoms with Crippen LogP contribution in [0.3, 0.4) is 0 Å². The average molecular weight is 495 g/mol. The van der Waals surface area contributed by atoms with Gasteiger partial charge in [-0.05, 0) is 56.3 Å². The fourth-order valence-electron chi connectivity index (χ4n) is 4.92. The van der Waals surface area contributed by atoms with E-state index in [9.17, 15) is 9.90 Å². The van der Waals surface area contributed by atoms with Gasteiger partial charge in [0.05, 0.1) is 18.3 Å². The van der Waals surface area contributed by atoms with Crippen molar-refractivity contribution in [3.63, 3.8) is 0 Å². The lowest BCUT2D eigenvalue weighted by Crippen LogP contribution is -2.44. The lowest BCUT2D eigenvalue weighted by Gasteiger charge is -2.38. The number of hydrogen-bond donors (Lipinski definition) is 1. The van der Waals surface area contributed by atoms with Crippen LogP contribution in [0.15, 0.2) is 23.8 Å². The third-order valence-corrected chi connectivity index (χ3v) is 12.5. The van der Waals surface area contributed by atoms with Crippen molar-refractivity contribution in [1.82, 2.24) is 0 Å². The Morgan fingerprint density at radius 3 is 2.65 bits per heavy atom. The van der Waals surface area contributed by atoms with Gasteiger partial charge in [0.2, 0.25) is 0 Å². The monoisotopic (exact) mass is 494 g/mol. The molecule has 1 aliphatic carbocycles. The van der Waals surface area contributed by atoms with Crippen molar-refractivity contribution in [3.05, 3.63) is 23.8 Å². The molecule has 3 rings (SSSR count). The van der Waals surface area contributed by atoms with Crippen molar-refractivity contribution >= 4 is 14.3 Å². The number of hydrogen-bond acceptors (Lipinski definition) is 5. The summed E-state index contributed by atoms with van der Waals surface area (Å²) in [7, 11) is -1.91. The molecule has 1 N–H and O–H groups in total. The Morgan fingerprint density at radius 1 is 1.26 bits per heavy atom. The number of rotatable bonds is 9. The van der Waals surface area contributed by atoms with Crippen LogP contribution in [0.4, 0.5) is 0 Å². The topological polar surface area (TPSA) is 74.2 Å². The quantitative estimate of drug-likeness (QED) is 0.238. The van der Waals surface area contributed by atoms with Gasteiger partial charge in [-0.15, -0.1) is 0 Å². The number of carboxylic acid groups (broad SMARTS) is 1. The predicted octanol–water partition coefficient (Wildman–Crippen LogP) is 6.08. The summed E-state index contributed by atoms with van der Waals surface area (Å²) in [4.78, 5) is 11.7. The van der Waals surface area contributed by atoms with Gasteiger partial charge in [-0.25, -0.2) is 4.79 Å². The molecule has 6 atom stereocenters. The molecule has 2 fully saturated rings. The third-order valence-electron chi connectivity index (χ3n) is 8.03. The number of aliphatic carboxylic acids is 1. The van der Waals surface area contributed by atoms with E-state index in [4.69, 9.17) is 18.6 Å². The summed E-state index contributed by atoms with van der Waals surface area (Å²) in [5.41, 5.74) is 0.443. The summed E-state index contributed by atoms with van der Waals surface area (Å²) in [6, 6.07) is 0. The number of carboxylic acids is 1. The second-order valence-corrected chi connectivity index (χ2v) is 16.5.